The number of nitrogens with zero attached hydrogens (tertiary/aromatic N) is 3. The fraction of sp³-hybridized carbons (Fsp3) is 0.500. The molecule has 2 heterocycles. The van der Waals surface area contributed by atoms with Gasteiger partial charge in [-0.3, -0.25) is 9.67 Å². The summed E-state index contributed by atoms with van der Waals surface area (Å²) in [6, 6.07) is 12.4. The largest absolute Gasteiger partial charge is 0.373 e. The highest BCUT2D eigenvalue weighted by Gasteiger charge is 2.29. The highest BCUT2D eigenvalue weighted by Crippen LogP contribution is 2.34. The molecule has 6 nitrogen and oxygen atoms in total. The average Bonchev–Trinajstić information content (AvgIpc) is 3.35. The Balaban J connectivity index is 0.00000261. The van der Waals surface area contributed by atoms with Crippen LogP contribution in [0.2, 0.25) is 0 Å². The molecule has 148 valence electrons. The van der Waals surface area contributed by atoms with E-state index >= 15 is 0 Å². The van der Waals surface area contributed by atoms with Crippen molar-refractivity contribution in [2.75, 3.05) is 26.2 Å². The first-order valence-corrected chi connectivity index (χ1v) is 9.53. The van der Waals surface area contributed by atoms with E-state index in [-0.39, 0.29) is 30.1 Å². The van der Waals surface area contributed by atoms with Crippen molar-refractivity contribution < 1.29 is 4.74 Å². The van der Waals surface area contributed by atoms with Gasteiger partial charge in [0, 0.05) is 51.1 Å². The molecule has 0 spiro atoms. The van der Waals surface area contributed by atoms with Crippen LogP contribution in [0, 0.1) is 5.92 Å². The van der Waals surface area contributed by atoms with Crippen LogP contribution >= 0.6 is 24.0 Å². The minimum Gasteiger partial charge on any atom is -0.373 e. The molecule has 2 atom stereocenters. The zero-order chi connectivity index (χ0) is 18.0. The number of hydrogen-bond acceptors (Lipinski definition) is 3. The second-order valence-electron chi connectivity index (χ2n) is 6.52. The van der Waals surface area contributed by atoms with Crippen LogP contribution in [0.5, 0.6) is 0 Å². The molecule has 2 N–H and O–H groups in total. The van der Waals surface area contributed by atoms with Crippen LogP contribution in [0.15, 0.2) is 53.8 Å². The molecule has 0 aliphatic carbocycles. The number of ether oxygens (including phenoxy) is 1. The summed E-state index contributed by atoms with van der Waals surface area (Å²) < 4.78 is 7.91. The van der Waals surface area contributed by atoms with E-state index in [1.54, 1.807) is 0 Å². The molecule has 1 aliphatic heterocycles. The van der Waals surface area contributed by atoms with E-state index in [9.17, 15) is 0 Å². The van der Waals surface area contributed by atoms with Crippen LogP contribution in [0.4, 0.5) is 0 Å². The molecule has 1 aromatic carbocycles. The summed E-state index contributed by atoms with van der Waals surface area (Å²) in [4.78, 5) is 4.80. The Morgan fingerprint density at radius 1 is 1.26 bits per heavy atom. The Hall–Kier alpha value is -1.61. The van der Waals surface area contributed by atoms with Crippen LogP contribution in [0.3, 0.4) is 0 Å². The third-order valence-electron chi connectivity index (χ3n) is 4.59. The zero-order valence-corrected chi connectivity index (χ0v) is 18.2. The maximum absolute atomic E-state index is 5.96. The van der Waals surface area contributed by atoms with E-state index in [1.807, 2.05) is 29.2 Å². The molecule has 0 radical (unpaired) electrons. The monoisotopic (exact) mass is 483 g/mol. The number of aryl methyl sites for hydroxylation is 1. The van der Waals surface area contributed by atoms with Gasteiger partial charge in [-0.25, -0.2) is 0 Å². The zero-order valence-electron chi connectivity index (χ0n) is 15.9. The topological polar surface area (TPSA) is 63.5 Å². The highest BCUT2D eigenvalue weighted by molar-refractivity contribution is 14.0. The van der Waals surface area contributed by atoms with Gasteiger partial charge in [0.05, 0.1) is 6.10 Å². The third-order valence-corrected chi connectivity index (χ3v) is 4.59. The van der Waals surface area contributed by atoms with E-state index in [2.05, 4.69) is 46.9 Å². The molecule has 0 saturated carbocycles. The van der Waals surface area contributed by atoms with Gasteiger partial charge in [0.1, 0.15) is 0 Å². The number of aliphatic imine (C=N–C) groups is 1. The van der Waals surface area contributed by atoms with Gasteiger partial charge in [-0.05, 0) is 31.4 Å². The molecule has 7 heteroatoms. The maximum Gasteiger partial charge on any atom is 0.191 e. The molecule has 2 unspecified atom stereocenters. The third kappa shape index (κ3) is 6.80. The Kier molecular flexibility index (Phi) is 9.61. The van der Waals surface area contributed by atoms with Crippen molar-refractivity contribution in [3.63, 3.8) is 0 Å². The van der Waals surface area contributed by atoms with Gasteiger partial charge in [-0.1, -0.05) is 30.3 Å². The summed E-state index contributed by atoms with van der Waals surface area (Å²) >= 11 is 0. The molecule has 27 heavy (non-hydrogen) atoms. The SMILES string of the molecule is CCNC(=NCC1CCOC1c1ccccc1)NCCCn1cccn1.I. The summed E-state index contributed by atoms with van der Waals surface area (Å²) in [5, 5.41) is 11.0. The average molecular weight is 483 g/mol. The predicted molar refractivity (Wildman–Crippen MR) is 119 cm³/mol. The first kappa shape index (κ1) is 21.7. The lowest BCUT2D eigenvalue weighted by Crippen LogP contribution is -2.38. The minimum absolute atomic E-state index is 0. The number of halogens is 1. The number of rotatable bonds is 8. The Morgan fingerprint density at radius 2 is 2.11 bits per heavy atom. The molecule has 1 aromatic heterocycles. The van der Waals surface area contributed by atoms with Gasteiger partial charge in [-0.15, -0.1) is 24.0 Å². The second-order valence-corrected chi connectivity index (χ2v) is 6.52. The summed E-state index contributed by atoms with van der Waals surface area (Å²) in [5.74, 6) is 1.31. The first-order chi connectivity index (χ1) is 12.9. The molecule has 2 aromatic rings. The van der Waals surface area contributed by atoms with E-state index < -0.39 is 0 Å². The first-order valence-electron chi connectivity index (χ1n) is 9.53. The van der Waals surface area contributed by atoms with E-state index in [1.165, 1.54) is 5.56 Å². The quantitative estimate of drug-likeness (QED) is 0.262. The van der Waals surface area contributed by atoms with Crippen molar-refractivity contribution in [3.8, 4) is 0 Å². The normalized spacial score (nSPS) is 19.5. The maximum atomic E-state index is 5.96. The number of benzene rings is 1. The van der Waals surface area contributed by atoms with Crippen LogP contribution in [-0.2, 0) is 11.3 Å². The molecular weight excluding hydrogens is 453 g/mol. The van der Waals surface area contributed by atoms with Gasteiger partial charge in [0.15, 0.2) is 5.96 Å². The number of guanidine groups is 1. The fourth-order valence-electron chi connectivity index (χ4n) is 3.26. The van der Waals surface area contributed by atoms with Gasteiger partial charge < -0.3 is 15.4 Å². The minimum atomic E-state index is 0. The van der Waals surface area contributed by atoms with Gasteiger partial charge in [-0.2, -0.15) is 5.10 Å². The Morgan fingerprint density at radius 3 is 2.85 bits per heavy atom. The molecule has 0 amide bonds. The number of aromatic nitrogens is 2. The van der Waals surface area contributed by atoms with Crippen LogP contribution in [0.1, 0.15) is 31.4 Å². The molecule has 1 saturated heterocycles. The second kappa shape index (κ2) is 12.0. The fourth-order valence-corrected chi connectivity index (χ4v) is 3.26. The lowest BCUT2D eigenvalue weighted by Gasteiger charge is -2.18. The predicted octanol–water partition coefficient (Wildman–Crippen LogP) is 3.22. The number of nitrogens with one attached hydrogen (secondary N) is 2. The smallest absolute Gasteiger partial charge is 0.191 e. The lowest BCUT2D eigenvalue weighted by molar-refractivity contribution is 0.0925. The molecular formula is C20H30IN5O. The molecule has 1 aliphatic rings. The van der Waals surface area contributed by atoms with E-state index in [4.69, 9.17) is 9.73 Å². The van der Waals surface area contributed by atoms with E-state index in [0.29, 0.717) is 5.92 Å². The lowest BCUT2D eigenvalue weighted by atomic mass is 9.95. The summed E-state index contributed by atoms with van der Waals surface area (Å²) in [6.45, 7) is 6.31. The summed E-state index contributed by atoms with van der Waals surface area (Å²) in [5.41, 5.74) is 1.25. The van der Waals surface area contributed by atoms with Crippen molar-refractivity contribution in [2.45, 2.75) is 32.4 Å². The van der Waals surface area contributed by atoms with Crippen LogP contribution in [-0.4, -0.2) is 42.0 Å². The Labute approximate surface area is 178 Å². The molecule has 0 bridgehead atoms. The molecule has 3 rings (SSSR count). The van der Waals surface area contributed by atoms with E-state index in [0.717, 1.165) is 51.6 Å². The van der Waals surface area contributed by atoms with Crippen LogP contribution in [0.25, 0.3) is 0 Å². The summed E-state index contributed by atoms with van der Waals surface area (Å²) in [7, 11) is 0. The van der Waals surface area contributed by atoms with Crippen molar-refractivity contribution in [1.82, 2.24) is 20.4 Å². The van der Waals surface area contributed by atoms with Gasteiger partial charge in [0.2, 0.25) is 0 Å². The summed E-state index contributed by atoms with van der Waals surface area (Å²) in [6.07, 6.45) is 6.02. The standard InChI is InChI=1S/C20H29N5O.HI/c1-2-21-20(22-11-6-13-25-14-7-12-24-25)23-16-18-10-15-26-19(18)17-8-4-3-5-9-17;/h3-5,7-9,12,14,18-19H,2,6,10-11,13,15-16H2,1H3,(H2,21,22,23);1H. The van der Waals surface area contributed by atoms with Gasteiger partial charge >= 0.3 is 0 Å². The van der Waals surface area contributed by atoms with Crippen LogP contribution < -0.4 is 10.6 Å². The Bertz CT molecular complexity index is 662. The number of hydrogen-bond donors (Lipinski definition) is 2. The van der Waals surface area contributed by atoms with Crippen molar-refractivity contribution in [3.05, 3.63) is 54.4 Å². The highest BCUT2D eigenvalue weighted by atomic mass is 127. The van der Waals surface area contributed by atoms with Crippen molar-refractivity contribution >= 4 is 29.9 Å². The van der Waals surface area contributed by atoms with Crippen molar-refractivity contribution in [1.29, 1.82) is 0 Å². The molecule has 1 fully saturated rings. The van der Waals surface area contributed by atoms with Crippen molar-refractivity contribution in [2.24, 2.45) is 10.9 Å². The van der Waals surface area contributed by atoms with Gasteiger partial charge in [0.25, 0.3) is 0 Å².